The molecule has 5 heteroatoms. The summed E-state index contributed by atoms with van der Waals surface area (Å²) in [5.74, 6) is 0. The first-order chi connectivity index (χ1) is 8.59. The van der Waals surface area contributed by atoms with Crippen molar-refractivity contribution in [1.29, 1.82) is 0 Å². The summed E-state index contributed by atoms with van der Waals surface area (Å²) >= 11 is 0. The van der Waals surface area contributed by atoms with E-state index in [2.05, 4.69) is 10.4 Å². The predicted octanol–water partition coefficient (Wildman–Crippen LogP) is 0.688. The fourth-order valence-corrected chi connectivity index (χ4v) is 1.87. The lowest BCUT2D eigenvalue weighted by atomic mass is 10.2. The topological polar surface area (TPSA) is 66.9 Å². The van der Waals surface area contributed by atoms with Gasteiger partial charge in [-0.2, -0.15) is 0 Å². The highest BCUT2D eigenvalue weighted by molar-refractivity contribution is 5.80. The Balaban J connectivity index is 2.38. The molecule has 0 radical (unpaired) electrons. The van der Waals surface area contributed by atoms with E-state index in [1.807, 2.05) is 13.8 Å². The third-order valence-electron chi connectivity index (χ3n) is 2.77. The molecule has 1 heterocycles. The van der Waals surface area contributed by atoms with E-state index in [0.29, 0.717) is 29.9 Å². The van der Waals surface area contributed by atoms with Crippen molar-refractivity contribution in [3.63, 3.8) is 0 Å². The van der Waals surface area contributed by atoms with Crippen LogP contribution in [0.5, 0.6) is 0 Å². The lowest BCUT2D eigenvalue weighted by Gasteiger charge is -2.10. The molecule has 0 fully saturated rings. The van der Waals surface area contributed by atoms with Gasteiger partial charge in [0.2, 0.25) is 0 Å². The number of nitrogens with one attached hydrogen (secondary N) is 2. The Morgan fingerprint density at radius 2 is 1.89 bits per heavy atom. The molecular formula is C13H17N3O2. The second-order valence-electron chi connectivity index (χ2n) is 4.55. The molecule has 0 aliphatic heterocycles. The minimum Gasteiger partial charge on any atom is -0.313 e. The van der Waals surface area contributed by atoms with Crippen molar-refractivity contribution >= 4 is 10.8 Å². The fourth-order valence-electron chi connectivity index (χ4n) is 1.87. The molecular weight excluding hydrogens is 230 g/mol. The number of fused-ring (bicyclic) bond motifs is 1. The fraction of sp³-hybridized carbons (Fsp3) is 0.385. The maximum atomic E-state index is 12.1. The van der Waals surface area contributed by atoms with Gasteiger partial charge in [-0.3, -0.25) is 14.7 Å². The number of nitrogens with zero attached hydrogens (tertiary/aromatic N) is 1. The molecule has 0 amide bonds. The standard InChI is InChI=1S/C13H17N3O2/c1-9(2)14-7-8-16-13(18)11-6-4-3-5-10(11)12(17)15-16/h3-6,9,14H,7-8H2,1-2H3,(H,15,17). The molecule has 0 aliphatic carbocycles. The zero-order valence-electron chi connectivity index (χ0n) is 10.6. The van der Waals surface area contributed by atoms with Gasteiger partial charge >= 0.3 is 0 Å². The number of H-pyrrole nitrogens is 1. The Labute approximate surface area is 104 Å². The normalized spacial score (nSPS) is 11.3. The zero-order valence-corrected chi connectivity index (χ0v) is 10.6. The number of hydrogen-bond donors (Lipinski definition) is 2. The van der Waals surface area contributed by atoms with Gasteiger partial charge in [-0.05, 0) is 12.1 Å². The average Bonchev–Trinajstić information content (AvgIpc) is 2.35. The lowest BCUT2D eigenvalue weighted by Crippen LogP contribution is -2.35. The largest absolute Gasteiger partial charge is 0.313 e. The van der Waals surface area contributed by atoms with E-state index in [0.717, 1.165) is 0 Å². The van der Waals surface area contributed by atoms with Crippen molar-refractivity contribution in [2.24, 2.45) is 0 Å². The second kappa shape index (κ2) is 5.18. The van der Waals surface area contributed by atoms with E-state index in [9.17, 15) is 9.59 Å². The van der Waals surface area contributed by atoms with Gasteiger partial charge in [0.1, 0.15) is 0 Å². The second-order valence-corrected chi connectivity index (χ2v) is 4.55. The minimum atomic E-state index is -0.227. The first-order valence-corrected chi connectivity index (χ1v) is 6.05. The van der Waals surface area contributed by atoms with Crippen LogP contribution < -0.4 is 16.4 Å². The number of benzene rings is 1. The molecule has 96 valence electrons. The van der Waals surface area contributed by atoms with Crippen LogP contribution >= 0.6 is 0 Å². The number of aromatic nitrogens is 2. The van der Waals surface area contributed by atoms with Crippen LogP contribution in [0.3, 0.4) is 0 Å². The van der Waals surface area contributed by atoms with Crippen molar-refractivity contribution in [3.05, 3.63) is 45.0 Å². The zero-order chi connectivity index (χ0) is 13.1. The van der Waals surface area contributed by atoms with Gasteiger partial charge in [0.05, 0.1) is 17.3 Å². The van der Waals surface area contributed by atoms with Gasteiger partial charge in [0.25, 0.3) is 11.1 Å². The highest BCUT2D eigenvalue weighted by Crippen LogP contribution is 2.01. The van der Waals surface area contributed by atoms with Gasteiger partial charge in [0, 0.05) is 12.6 Å². The van der Waals surface area contributed by atoms with Gasteiger partial charge in [-0.25, -0.2) is 4.68 Å². The molecule has 0 atom stereocenters. The smallest absolute Gasteiger partial charge is 0.273 e. The quantitative estimate of drug-likeness (QED) is 0.835. The Morgan fingerprint density at radius 1 is 1.22 bits per heavy atom. The summed E-state index contributed by atoms with van der Waals surface area (Å²) < 4.78 is 1.36. The van der Waals surface area contributed by atoms with Crippen molar-refractivity contribution in [2.75, 3.05) is 6.54 Å². The third-order valence-corrected chi connectivity index (χ3v) is 2.77. The molecule has 1 aromatic carbocycles. The Morgan fingerprint density at radius 3 is 2.56 bits per heavy atom. The number of aromatic amines is 1. The highest BCUT2D eigenvalue weighted by atomic mass is 16.2. The van der Waals surface area contributed by atoms with E-state index in [4.69, 9.17) is 0 Å². The van der Waals surface area contributed by atoms with Crippen LogP contribution in [0.2, 0.25) is 0 Å². The molecule has 2 aromatic rings. The molecule has 18 heavy (non-hydrogen) atoms. The van der Waals surface area contributed by atoms with Crippen molar-refractivity contribution in [2.45, 2.75) is 26.4 Å². The maximum absolute atomic E-state index is 12.1. The summed E-state index contributed by atoms with van der Waals surface area (Å²) in [7, 11) is 0. The predicted molar refractivity (Wildman–Crippen MR) is 72.0 cm³/mol. The first kappa shape index (κ1) is 12.6. The SMILES string of the molecule is CC(C)NCCn1[nH]c(=O)c2ccccc2c1=O. The molecule has 1 aromatic heterocycles. The average molecular weight is 247 g/mol. The van der Waals surface area contributed by atoms with Gasteiger partial charge in [0.15, 0.2) is 0 Å². The molecule has 0 aliphatic rings. The van der Waals surface area contributed by atoms with E-state index >= 15 is 0 Å². The van der Waals surface area contributed by atoms with Crippen LogP contribution in [0.15, 0.2) is 33.9 Å². The summed E-state index contributed by atoms with van der Waals surface area (Å²) in [6.45, 7) is 5.17. The minimum absolute atomic E-state index is 0.157. The first-order valence-electron chi connectivity index (χ1n) is 6.05. The van der Waals surface area contributed by atoms with Gasteiger partial charge in [-0.1, -0.05) is 26.0 Å². The van der Waals surface area contributed by atoms with Gasteiger partial charge < -0.3 is 5.32 Å². The van der Waals surface area contributed by atoms with E-state index in [-0.39, 0.29) is 11.1 Å². The van der Waals surface area contributed by atoms with Crippen LogP contribution in [0.4, 0.5) is 0 Å². The molecule has 0 spiro atoms. The summed E-state index contributed by atoms with van der Waals surface area (Å²) in [4.78, 5) is 23.9. The van der Waals surface area contributed by atoms with Crippen molar-refractivity contribution in [1.82, 2.24) is 15.1 Å². The molecule has 0 bridgehead atoms. The monoisotopic (exact) mass is 247 g/mol. The highest BCUT2D eigenvalue weighted by Gasteiger charge is 2.05. The maximum Gasteiger partial charge on any atom is 0.273 e. The van der Waals surface area contributed by atoms with Crippen molar-refractivity contribution in [3.8, 4) is 0 Å². The third kappa shape index (κ3) is 2.51. The molecule has 0 saturated heterocycles. The summed E-state index contributed by atoms with van der Waals surface area (Å²) in [6.07, 6.45) is 0. The summed E-state index contributed by atoms with van der Waals surface area (Å²) in [6, 6.07) is 7.21. The van der Waals surface area contributed by atoms with E-state index in [1.54, 1.807) is 24.3 Å². The van der Waals surface area contributed by atoms with Crippen LogP contribution in [0.1, 0.15) is 13.8 Å². The van der Waals surface area contributed by atoms with Crippen LogP contribution in [-0.4, -0.2) is 22.4 Å². The Bertz CT molecular complexity index is 655. The molecule has 0 unspecified atom stereocenters. The molecule has 0 saturated carbocycles. The number of rotatable bonds is 4. The van der Waals surface area contributed by atoms with Crippen LogP contribution in [-0.2, 0) is 6.54 Å². The molecule has 2 rings (SSSR count). The van der Waals surface area contributed by atoms with Crippen LogP contribution in [0, 0.1) is 0 Å². The van der Waals surface area contributed by atoms with Crippen molar-refractivity contribution < 1.29 is 0 Å². The molecule has 2 N–H and O–H groups in total. The molecule has 5 nitrogen and oxygen atoms in total. The van der Waals surface area contributed by atoms with E-state index in [1.165, 1.54) is 4.68 Å². The number of hydrogen-bond acceptors (Lipinski definition) is 3. The summed E-state index contributed by atoms with van der Waals surface area (Å²) in [5.41, 5.74) is -0.384. The Hall–Kier alpha value is -1.88. The lowest BCUT2D eigenvalue weighted by molar-refractivity contribution is 0.500. The van der Waals surface area contributed by atoms with Gasteiger partial charge in [-0.15, -0.1) is 0 Å². The Kier molecular flexibility index (Phi) is 3.62. The van der Waals surface area contributed by atoms with Crippen LogP contribution in [0.25, 0.3) is 10.8 Å². The van der Waals surface area contributed by atoms with E-state index < -0.39 is 0 Å². The summed E-state index contributed by atoms with van der Waals surface area (Å²) in [5, 5.41) is 6.71.